The number of ether oxygens (including phenoxy) is 1. The van der Waals surface area contributed by atoms with Crippen molar-refractivity contribution in [3.05, 3.63) is 125 Å². The summed E-state index contributed by atoms with van der Waals surface area (Å²) in [5, 5.41) is 3.08. The normalized spacial score (nSPS) is 14.8. The molecule has 0 bridgehead atoms. The van der Waals surface area contributed by atoms with E-state index in [9.17, 15) is 18.0 Å². The van der Waals surface area contributed by atoms with Crippen molar-refractivity contribution < 1.29 is 22.7 Å². The number of anilines is 2. The van der Waals surface area contributed by atoms with Gasteiger partial charge in [0.25, 0.3) is 5.91 Å². The highest BCUT2D eigenvalue weighted by atomic mass is 35.5. The Morgan fingerprint density at radius 3 is 2.29 bits per heavy atom. The number of hydrogen-bond acceptors (Lipinski definition) is 5. The lowest BCUT2D eigenvalue weighted by Crippen LogP contribution is -2.49. The summed E-state index contributed by atoms with van der Waals surface area (Å²) in [6.45, 7) is -0.229. The van der Waals surface area contributed by atoms with Crippen LogP contribution in [-0.4, -0.2) is 32.8 Å². The largest absolute Gasteiger partial charge is 0.476 e. The highest BCUT2D eigenvalue weighted by Gasteiger charge is 2.37. The van der Waals surface area contributed by atoms with Gasteiger partial charge in [0.1, 0.15) is 5.75 Å². The second kappa shape index (κ2) is 10.7. The van der Waals surface area contributed by atoms with E-state index in [2.05, 4.69) is 5.32 Å². The monoisotopic (exact) mass is 546 g/mol. The summed E-state index contributed by atoms with van der Waals surface area (Å²) in [5.41, 5.74) is 1.88. The van der Waals surface area contributed by atoms with Crippen LogP contribution in [0.2, 0.25) is 5.02 Å². The van der Waals surface area contributed by atoms with Gasteiger partial charge in [0, 0.05) is 16.1 Å². The minimum Gasteiger partial charge on any atom is -0.476 e. The molecule has 38 heavy (non-hydrogen) atoms. The molecule has 1 aliphatic rings. The molecule has 1 aliphatic heterocycles. The summed E-state index contributed by atoms with van der Waals surface area (Å²) in [5.74, 6) is -0.870. The van der Waals surface area contributed by atoms with E-state index in [-0.39, 0.29) is 35.1 Å². The van der Waals surface area contributed by atoms with Gasteiger partial charge in [0.05, 0.1) is 23.7 Å². The van der Waals surface area contributed by atoms with Crippen LogP contribution in [-0.2, 0) is 20.6 Å². The summed E-state index contributed by atoms with van der Waals surface area (Å²) < 4.78 is 34.1. The van der Waals surface area contributed by atoms with E-state index in [1.807, 2.05) is 6.07 Å². The first-order chi connectivity index (χ1) is 18.3. The number of halogens is 1. The summed E-state index contributed by atoms with van der Waals surface area (Å²) in [6.07, 6.45) is -1.16. The Kier molecular flexibility index (Phi) is 7.18. The lowest BCUT2D eigenvalue weighted by atomic mass is 10.0. The maximum Gasteiger partial charge on any atom is 0.267 e. The number of carbonyl (C=O) groups excluding carboxylic acids is 2. The maximum atomic E-state index is 13.5. The molecule has 5 rings (SSSR count). The van der Waals surface area contributed by atoms with Crippen molar-refractivity contribution >= 4 is 44.7 Å². The molecule has 192 valence electrons. The second-order valence-corrected chi connectivity index (χ2v) is 11.1. The van der Waals surface area contributed by atoms with E-state index in [0.29, 0.717) is 21.8 Å². The van der Waals surface area contributed by atoms with E-state index in [4.69, 9.17) is 16.3 Å². The van der Waals surface area contributed by atoms with E-state index < -0.39 is 22.0 Å². The Balaban J connectivity index is 1.43. The van der Waals surface area contributed by atoms with Gasteiger partial charge in [0.2, 0.25) is 10.0 Å². The van der Waals surface area contributed by atoms with Gasteiger partial charge in [-0.15, -0.1) is 0 Å². The average Bonchev–Trinajstić information content (AvgIpc) is 2.93. The number of carbonyl (C=O) groups is 2. The van der Waals surface area contributed by atoms with Gasteiger partial charge in [-0.25, -0.2) is 8.42 Å². The molecule has 7 nitrogen and oxygen atoms in total. The van der Waals surface area contributed by atoms with Crippen molar-refractivity contribution in [3.63, 3.8) is 0 Å². The molecule has 0 aromatic heterocycles. The smallest absolute Gasteiger partial charge is 0.267 e. The topological polar surface area (TPSA) is 92.8 Å². The van der Waals surface area contributed by atoms with Gasteiger partial charge in [0.15, 0.2) is 11.9 Å². The molecule has 1 amide bonds. The number of rotatable bonds is 7. The van der Waals surface area contributed by atoms with E-state index >= 15 is 0 Å². The standard InChI is InChI=1S/C29H23ClN2O5S/c30-22-15-16-24(23(17-22)28(33)21-11-5-2-6-12-21)31-29(34)27-18-32(25-13-7-8-14-26(25)37-27)38(35,36)19-20-9-3-1-4-10-20/h1-17,27H,18-19H2,(H,31,34)/t27-/m1/s1. The third-order valence-electron chi connectivity index (χ3n) is 6.08. The molecular weight excluding hydrogens is 524 g/mol. The SMILES string of the molecule is O=C(c1ccccc1)c1cc(Cl)ccc1NC(=O)[C@H]1CN(S(=O)(=O)Cc2ccccc2)c2ccccc2O1. The molecule has 4 aromatic carbocycles. The van der Waals surface area contributed by atoms with Crippen LogP contribution in [0.15, 0.2) is 103 Å². The van der Waals surface area contributed by atoms with Gasteiger partial charge < -0.3 is 10.1 Å². The molecule has 4 aromatic rings. The fourth-order valence-electron chi connectivity index (χ4n) is 4.24. The van der Waals surface area contributed by atoms with Crippen LogP contribution < -0.4 is 14.4 Å². The molecule has 0 spiro atoms. The van der Waals surface area contributed by atoms with Gasteiger partial charge in [-0.1, -0.05) is 84.4 Å². The van der Waals surface area contributed by atoms with Crippen molar-refractivity contribution in [2.75, 3.05) is 16.2 Å². The zero-order chi connectivity index (χ0) is 26.7. The Labute approximate surface area is 225 Å². The lowest BCUT2D eigenvalue weighted by molar-refractivity contribution is -0.122. The van der Waals surface area contributed by atoms with Gasteiger partial charge >= 0.3 is 0 Å². The van der Waals surface area contributed by atoms with E-state index in [0.717, 1.165) is 0 Å². The van der Waals surface area contributed by atoms with Crippen LogP contribution in [0.3, 0.4) is 0 Å². The minimum atomic E-state index is -3.85. The zero-order valence-electron chi connectivity index (χ0n) is 20.1. The molecule has 0 unspecified atom stereocenters. The predicted molar refractivity (Wildman–Crippen MR) is 147 cm³/mol. The van der Waals surface area contributed by atoms with Crippen LogP contribution in [0.5, 0.6) is 5.75 Å². The van der Waals surface area contributed by atoms with Crippen LogP contribution in [0, 0.1) is 0 Å². The predicted octanol–water partition coefficient (Wildman–Crippen LogP) is 5.31. The summed E-state index contributed by atoms with van der Waals surface area (Å²) in [4.78, 5) is 26.6. The number of amides is 1. The molecule has 0 aliphatic carbocycles. The number of sulfonamides is 1. The highest BCUT2D eigenvalue weighted by Crippen LogP contribution is 2.36. The maximum absolute atomic E-state index is 13.5. The van der Waals surface area contributed by atoms with Crippen LogP contribution in [0.4, 0.5) is 11.4 Å². The first kappa shape index (κ1) is 25.5. The fourth-order valence-corrected chi connectivity index (χ4v) is 5.99. The molecule has 0 radical (unpaired) electrons. The molecular formula is C29H23ClN2O5S. The quantitative estimate of drug-likeness (QED) is 0.317. The minimum absolute atomic E-state index is 0.210. The first-order valence-electron chi connectivity index (χ1n) is 11.8. The summed E-state index contributed by atoms with van der Waals surface area (Å²) in [7, 11) is -3.85. The molecule has 0 fully saturated rings. The van der Waals surface area contributed by atoms with E-state index in [1.54, 1.807) is 84.9 Å². The number of hydrogen-bond donors (Lipinski definition) is 1. The molecule has 1 N–H and O–H groups in total. The highest BCUT2D eigenvalue weighted by molar-refractivity contribution is 7.92. The van der Waals surface area contributed by atoms with Crippen molar-refractivity contribution in [1.29, 1.82) is 0 Å². The fraction of sp³-hybridized carbons (Fsp3) is 0.103. The van der Waals surface area contributed by atoms with Crippen molar-refractivity contribution in [3.8, 4) is 5.75 Å². The number of para-hydroxylation sites is 2. The van der Waals surface area contributed by atoms with Crippen LogP contribution >= 0.6 is 11.6 Å². The first-order valence-corrected chi connectivity index (χ1v) is 13.8. The molecule has 1 heterocycles. The summed E-state index contributed by atoms with van der Waals surface area (Å²) in [6, 6.07) is 28.7. The van der Waals surface area contributed by atoms with Gasteiger partial charge in [-0.05, 0) is 35.9 Å². The Hall–Kier alpha value is -4.14. The molecule has 1 atom stereocenters. The molecule has 0 saturated carbocycles. The Morgan fingerprint density at radius 1 is 0.895 bits per heavy atom. The van der Waals surface area contributed by atoms with Gasteiger partial charge in [-0.3, -0.25) is 13.9 Å². The number of benzene rings is 4. The van der Waals surface area contributed by atoms with Crippen molar-refractivity contribution in [1.82, 2.24) is 0 Å². The Bertz CT molecular complexity index is 1590. The van der Waals surface area contributed by atoms with Crippen molar-refractivity contribution in [2.45, 2.75) is 11.9 Å². The molecule has 9 heteroatoms. The lowest BCUT2D eigenvalue weighted by Gasteiger charge is -2.34. The van der Waals surface area contributed by atoms with Crippen LogP contribution in [0.1, 0.15) is 21.5 Å². The third kappa shape index (κ3) is 5.41. The van der Waals surface area contributed by atoms with Crippen molar-refractivity contribution in [2.24, 2.45) is 0 Å². The van der Waals surface area contributed by atoms with Gasteiger partial charge in [-0.2, -0.15) is 0 Å². The number of ketones is 1. The summed E-state index contributed by atoms with van der Waals surface area (Å²) >= 11 is 6.16. The zero-order valence-corrected chi connectivity index (χ0v) is 21.7. The third-order valence-corrected chi connectivity index (χ3v) is 8.03. The second-order valence-electron chi connectivity index (χ2n) is 8.72. The van der Waals surface area contributed by atoms with E-state index in [1.165, 1.54) is 16.4 Å². The number of nitrogens with zero attached hydrogens (tertiary/aromatic N) is 1. The number of nitrogens with one attached hydrogen (secondary N) is 1. The van der Waals surface area contributed by atoms with Crippen LogP contribution in [0.25, 0.3) is 0 Å². The number of fused-ring (bicyclic) bond motifs is 1. The Morgan fingerprint density at radius 2 is 1.55 bits per heavy atom. The molecule has 0 saturated heterocycles. The average molecular weight is 547 g/mol.